The van der Waals surface area contributed by atoms with Gasteiger partial charge in [-0.05, 0) is 37.0 Å². The van der Waals surface area contributed by atoms with Crippen molar-refractivity contribution < 1.29 is 9.53 Å². The maximum Gasteiger partial charge on any atom is 0.211 e. The van der Waals surface area contributed by atoms with Gasteiger partial charge in [0, 0.05) is 0 Å². The zero-order valence-electron chi connectivity index (χ0n) is 8.90. The van der Waals surface area contributed by atoms with Gasteiger partial charge in [-0.25, -0.2) is 0 Å². The number of thioether (sulfide) groups is 1. The van der Waals surface area contributed by atoms with Crippen LogP contribution in [0.5, 0.6) is 5.75 Å². The van der Waals surface area contributed by atoms with Crippen molar-refractivity contribution in [2.75, 3.05) is 12.9 Å². The highest BCUT2D eigenvalue weighted by Gasteiger charge is 1.93. The SMILES string of the molecule is CCOc1ccc(/C=C\C(=O)SC)cc1. The summed E-state index contributed by atoms with van der Waals surface area (Å²) in [6.45, 7) is 2.62. The molecule has 0 aliphatic rings. The van der Waals surface area contributed by atoms with Crippen molar-refractivity contribution in [3.63, 3.8) is 0 Å². The Morgan fingerprint density at radius 2 is 2.07 bits per heavy atom. The van der Waals surface area contributed by atoms with Crippen LogP contribution in [-0.4, -0.2) is 18.0 Å². The van der Waals surface area contributed by atoms with E-state index in [1.54, 1.807) is 18.4 Å². The first-order valence-corrected chi connectivity index (χ1v) is 5.97. The van der Waals surface area contributed by atoms with Crippen LogP contribution in [0.3, 0.4) is 0 Å². The molecule has 0 saturated heterocycles. The lowest BCUT2D eigenvalue weighted by atomic mass is 10.2. The van der Waals surface area contributed by atoms with Gasteiger partial charge in [-0.15, -0.1) is 0 Å². The van der Waals surface area contributed by atoms with Crippen molar-refractivity contribution in [1.29, 1.82) is 0 Å². The Morgan fingerprint density at radius 3 is 2.60 bits per heavy atom. The molecule has 0 aromatic heterocycles. The van der Waals surface area contributed by atoms with Crippen molar-refractivity contribution in [2.45, 2.75) is 6.92 Å². The number of hydrogen-bond donors (Lipinski definition) is 0. The molecule has 0 amide bonds. The van der Waals surface area contributed by atoms with Crippen LogP contribution in [0.25, 0.3) is 6.08 Å². The number of rotatable bonds is 4. The lowest BCUT2D eigenvalue weighted by molar-refractivity contribution is -0.106. The van der Waals surface area contributed by atoms with Crippen LogP contribution in [0.15, 0.2) is 30.3 Å². The van der Waals surface area contributed by atoms with Gasteiger partial charge >= 0.3 is 0 Å². The summed E-state index contributed by atoms with van der Waals surface area (Å²) in [6.07, 6.45) is 5.14. The summed E-state index contributed by atoms with van der Waals surface area (Å²) in [5.41, 5.74) is 1.00. The average molecular weight is 222 g/mol. The predicted molar refractivity (Wildman–Crippen MR) is 65.2 cm³/mol. The number of ether oxygens (including phenoxy) is 1. The first kappa shape index (κ1) is 11.9. The molecule has 15 heavy (non-hydrogen) atoms. The smallest absolute Gasteiger partial charge is 0.211 e. The van der Waals surface area contributed by atoms with Gasteiger partial charge in [-0.3, -0.25) is 4.79 Å². The molecule has 0 aliphatic heterocycles. The van der Waals surface area contributed by atoms with Crippen LogP contribution in [0, 0.1) is 0 Å². The van der Waals surface area contributed by atoms with Gasteiger partial charge in [0.1, 0.15) is 5.75 Å². The van der Waals surface area contributed by atoms with Crippen molar-refractivity contribution in [3.8, 4) is 5.75 Å². The minimum atomic E-state index is 0.0592. The molecule has 0 spiro atoms. The van der Waals surface area contributed by atoms with Gasteiger partial charge in [0.25, 0.3) is 0 Å². The van der Waals surface area contributed by atoms with Crippen molar-refractivity contribution in [3.05, 3.63) is 35.9 Å². The zero-order valence-corrected chi connectivity index (χ0v) is 9.71. The molecule has 3 heteroatoms. The van der Waals surface area contributed by atoms with Gasteiger partial charge in [0.2, 0.25) is 5.12 Å². The van der Waals surface area contributed by atoms with Gasteiger partial charge < -0.3 is 4.74 Å². The van der Waals surface area contributed by atoms with Gasteiger partial charge in [0.15, 0.2) is 0 Å². The molecular weight excluding hydrogens is 208 g/mol. The Hall–Kier alpha value is -1.22. The first-order chi connectivity index (χ1) is 7.26. The van der Waals surface area contributed by atoms with Crippen molar-refractivity contribution in [1.82, 2.24) is 0 Å². The highest BCUT2D eigenvalue weighted by molar-refractivity contribution is 8.13. The standard InChI is InChI=1S/C12H14O2S/c1-3-14-11-7-4-10(5-8-11)6-9-12(13)15-2/h4-9H,3H2,1-2H3/b9-6-. The van der Waals surface area contributed by atoms with Crippen LogP contribution in [0.2, 0.25) is 0 Å². The summed E-state index contributed by atoms with van der Waals surface area (Å²) in [4.78, 5) is 11.0. The number of carbonyl (C=O) groups is 1. The lowest BCUT2D eigenvalue weighted by Crippen LogP contribution is -1.90. The zero-order chi connectivity index (χ0) is 11.1. The summed E-state index contributed by atoms with van der Waals surface area (Å²) in [5, 5.41) is 0.0592. The molecule has 0 atom stereocenters. The summed E-state index contributed by atoms with van der Waals surface area (Å²) in [7, 11) is 0. The summed E-state index contributed by atoms with van der Waals surface area (Å²) >= 11 is 1.20. The van der Waals surface area contributed by atoms with Crippen molar-refractivity contribution in [2.24, 2.45) is 0 Å². The summed E-state index contributed by atoms with van der Waals surface area (Å²) < 4.78 is 5.31. The Labute approximate surface area is 94.3 Å². The molecule has 0 fully saturated rings. The first-order valence-electron chi connectivity index (χ1n) is 4.75. The second kappa shape index (κ2) is 6.30. The largest absolute Gasteiger partial charge is 0.494 e. The number of carbonyl (C=O) groups excluding carboxylic acids is 1. The third kappa shape index (κ3) is 4.21. The molecule has 1 aromatic carbocycles. The van der Waals surface area contributed by atoms with E-state index >= 15 is 0 Å². The topological polar surface area (TPSA) is 26.3 Å². The fourth-order valence-corrected chi connectivity index (χ4v) is 1.28. The molecule has 2 nitrogen and oxygen atoms in total. The third-order valence-corrected chi connectivity index (χ3v) is 2.34. The minimum absolute atomic E-state index is 0.0592. The van der Waals surface area contributed by atoms with E-state index in [1.807, 2.05) is 31.2 Å². The monoisotopic (exact) mass is 222 g/mol. The van der Waals surface area contributed by atoms with E-state index in [9.17, 15) is 4.79 Å². The van der Waals surface area contributed by atoms with E-state index in [0.29, 0.717) is 6.61 Å². The van der Waals surface area contributed by atoms with Crippen LogP contribution in [0.4, 0.5) is 0 Å². The van der Waals surface area contributed by atoms with Crippen molar-refractivity contribution >= 4 is 23.0 Å². The molecule has 80 valence electrons. The van der Waals surface area contributed by atoms with Gasteiger partial charge in [-0.2, -0.15) is 0 Å². The minimum Gasteiger partial charge on any atom is -0.494 e. The fraction of sp³-hybridized carbons (Fsp3) is 0.250. The van der Waals surface area contributed by atoms with Crippen LogP contribution in [0.1, 0.15) is 12.5 Å². The van der Waals surface area contributed by atoms with Crippen LogP contribution >= 0.6 is 11.8 Å². The predicted octanol–water partition coefficient (Wildman–Crippen LogP) is 2.99. The normalized spacial score (nSPS) is 10.5. The van der Waals surface area contributed by atoms with E-state index in [4.69, 9.17) is 4.74 Å². The molecule has 0 N–H and O–H groups in total. The molecule has 1 aromatic rings. The molecule has 0 bridgehead atoms. The number of benzene rings is 1. The van der Waals surface area contributed by atoms with Gasteiger partial charge in [0.05, 0.1) is 6.61 Å². The molecule has 0 radical (unpaired) electrons. The maximum atomic E-state index is 11.0. The van der Waals surface area contributed by atoms with Crippen LogP contribution < -0.4 is 4.74 Å². The molecule has 0 heterocycles. The van der Waals surface area contributed by atoms with E-state index in [0.717, 1.165) is 11.3 Å². The Kier molecular flexibility index (Phi) is 4.98. The molecular formula is C12H14O2S. The number of hydrogen-bond acceptors (Lipinski definition) is 3. The Balaban J connectivity index is 2.64. The molecule has 0 unspecified atom stereocenters. The molecule has 0 saturated carbocycles. The Bertz CT molecular complexity index is 341. The fourth-order valence-electron chi connectivity index (χ4n) is 1.07. The highest BCUT2D eigenvalue weighted by Crippen LogP contribution is 2.13. The van der Waals surface area contributed by atoms with E-state index in [-0.39, 0.29) is 5.12 Å². The van der Waals surface area contributed by atoms with Crippen LogP contribution in [-0.2, 0) is 4.79 Å². The second-order valence-electron chi connectivity index (χ2n) is 2.86. The maximum absolute atomic E-state index is 11.0. The quantitative estimate of drug-likeness (QED) is 0.733. The second-order valence-corrected chi connectivity index (χ2v) is 3.67. The lowest BCUT2D eigenvalue weighted by Gasteiger charge is -2.01. The summed E-state index contributed by atoms with van der Waals surface area (Å²) in [5.74, 6) is 0.853. The molecule has 1 rings (SSSR count). The van der Waals surface area contributed by atoms with E-state index in [2.05, 4.69) is 0 Å². The molecule has 0 aliphatic carbocycles. The van der Waals surface area contributed by atoms with E-state index in [1.165, 1.54) is 11.8 Å². The third-order valence-electron chi connectivity index (χ3n) is 1.80. The highest BCUT2D eigenvalue weighted by atomic mass is 32.2. The summed E-state index contributed by atoms with van der Waals surface area (Å²) in [6, 6.07) is 7.64. The average Bonchev–Trinajstić information content (AvgIpc) is 2.28. The van der Waals surface area contributed by atoms with Gasteiger partial charge in [-0.1, -0.05) is 30.0 Å². The van der Waals surface area contributed by atoms with E-state index < -0.39 is 0 Å². The Morgan fingerprint density at radius 1 is 1.40 bits per heavy atom.